The average molecular weight is 230 g/mol. The number of nitrogens with zero attached hydrogens (tertiary/aromatic N) is 1. The fourth-order valence-corrected chi connectivity index (χ4v) is 2.25. The molecule has 0 aliphatic heterocycles. The van der Waals surface area contributed by atoms with Gasteiger partial charge in [-0.05, 0) is 24.5 Å². The van der Waals surface area contributed by atoms with Gasteiger partial charge in [-0.25, -0.2) is 0 Å². The molecule has 0 heterocycles. The molecule has 1 unspecified atom stereocenters. The molecule has 1 atom stereocenters. The van der Waals surface area contributed by atoms with Gasteiger partial charge in [0.05, 0.1) is 18.7 Å². The lowest BCUT2D eigenvalue weighted by molar-refractivity contribution is -0.143. The molecule has 4 heteroatoms. The van der Waals surface area contributed by atoms with Crippen LogP contribution in [0.5, 0.6) is 0 Å². The SMILES string of the molecule is COC(=O)C(N)C1(c2ccccc2C#N)CC1. The Kier molecular flexibility index (Phi) is 2.86. The molecule has 88 valence electrons. The summed E-state index contributed by atoms with van der Waals surface area (Å²) in [5, 5.41) is 9.08. The summed E-state index contributed by atoms with van der Waals surface area (Å²) in [7, 11) is 1.33. The Morgan fingerprint density at radius 2 is 2.18 bits per heavy atom. The molecular formula is C13H14N2O2. The third-order valence-corrected chi connectivity index (χ3v) is 3.42. The minimum absolute atomic E-state index is 0.403. The highest BCUT2D eigenvalue weighted by molar-refractivity contribution is 5.79. The zero-order valence-electron chi connectivity index (χ0n) is 9.64. The molecule has 2 rings (SSSR count). The molecular weight excluding hydrogens is 216 g/mol. The highest BCUT2D eigenvalue weighted by atomic mass is 16.5. The lowest BCUT2D eigenvalue weighted by Gasteiger charge is -2.22. The van der Waals surface area contributed by atoms with Crippen molar-refractivity contribution < 1.29 is 9.53 Å². The minimum atomic E-state index is -0.693. The number of carbonyl (C=O) groups excluding carboxylic acids is 1. The number of carbonyl (C=O) groups is 1. The first-order valence-corrected chi connectivity index (χ1v) is 5.49. The number of benzene rings is 1. The van der Waals surface area contributed by atoms with Gasteiger partial charge in [0.15, 0.2) is 0 Å². The van der Waals surface area contributed by atoms with Crippen LogP contribution >= 0.6 is 0 Å². The molecule has 1 aromatic carbocycles. The molecule has 1 fully saturated rings. The molecule has 0 radical (unpaired) electrons. The summed E-state index contributed by atoms with van der Waals surface area (Å²) in [6, 6.07) is 8.74. The Labute approximate surface area is 100.0 Å². The van der Waals surface area contributed by atoms with E-state index in [0.717, 1.165) is 18.4 Å². The topological polar surface area (TPSA) is 76.1 Å². The quantitative estimate of drug-likeness (QED) is 0.788. The Balaban J connectivity index is 2.40. The fraction of sp³-hybridized carbons (Fsp3) is 0.385. The zero-order chi connectivity index (χ0) is 12.5. The van der Waals surface area contributed by atoms with E-state index >= 15 is 0 Å². The number of nitriles is 1. The second-order valence-electron chi connectivity index (χ2n) is 4.31. The molecule has 0 saturated heterocycles. The van der Waals surface area contributed by atoms with Crippen molar-refractivity contribution in [1.29, 1.82) is 5.26 Å². The van der Waals surface area contributed by atoms with E-state index in [1.807, 2.05) is 18.2 Å². The van der Waals surface area contributed by atoms with Gasteiger partial charge >= 0.3 is 5.97 Å². The van der Waals surface area contributed by atoms with Gasteiger partial charge in [0.1, 0.15) is 6.04 Å². The van der Waals surface area contributed by atoms with Gasteiger partial charge in [-0.2, -0.15) is 5.26 Å². The van der Waals surface area contributed by atoms with Crippen LogP contribution in [0.15, 0.2) is 24.3 Å². The first-order chi connectivity index (χ1) is 8.15. The van der Waals surface area contributed by atoms with Crippen molar-refractivity contribution in [1.82, 2.24) is 0 Å². The highest BCUT2D eigenvalue weighted by Gasteiger charge is 2.53. The van der Waals surface area contributed by atoms with E-state index in [1.165, 1.54) is 7.11 Å². The van der Waals surface area contributed by atoms with Crippen LogP contribution in [-0.2, 0) is 14.9 Å². The number of hydrogen-bond donors (Lipinski definition) is 1. The van der Waals surface area contributed by atoms with E-state index in [-0.39, 0.29) is 0 Å². The summed E-state index contributed by atoms with van der Waals surface area (Å²) in [6.07, 6.45) is 1.64. The van der Waals surface area contributed by atoms with E-state index < -0.39 is 17.4 Å². The Morgan fingerprint density at radius 1 is 1.53 bits per heavy atom. The van der Waals surface area contributed by atoms with Gasteiger partial charge < -0.3 is 10.5 Å². The summed E-state index contributed by atoms with van der Waals surface area (Å²) >= 11 is 0. The fourth-order valence-electron chi connectivity index (χ4n) is 2.25. The van der Waals surface area contributed by atoms with Crippen molar-refractivity contribution in [3.63, 3.8) is 0 Å². The van der Waals surface area contributed by atoms with E-state index in [1.54, 1.807) is 6.07 Å². The molecule has 17 heavy (non-hydrogen) atoms. The first-order valence-electron chi connectivity index (χ1n) is 5.49. The zero-order valence-corrected chi connectivity index (χ0v) is 9.64. The van der Waals surface area contributed by atoms with Crippen LogP contribution in [0.4, 0.5) is 0 Å². The van der Waals surface area contributed by atoms with Crippen molar-refractivity contribution in [2.24, 2.45) is 5.73 Å². The maximum Gasteiger partial charge on any atom is 0.323 e. The van der Waals surface area contributed by atoms with Gasteiger partial charge in [0.25, 0.3) is 0 Å². The maximum absolute atomic E-state index is 11.5. The van der Waals surface area contributed by atoms with E-state index in [2.05, 4.69) is 10.8 Å². The lowest BCUT2D eigenvalue weighted by atomic mass is 9.85. The molecule has 0 spiro atoms. The number of esters is 1. The molecule has 1 aliphatic rings. The predicted molar refractivity (Wildman–Crippen MR) is 62.1 cm³/mol. The normalized spacial score (nSPS) is 17.9. The lowest BCUT2D eigenvalue weighted by Crippen LogP contribution is -2.43. The van der Waals surface area contributed by atoms with Crippen molar-refractivity contribution in [3.8, 4) is 6.07 Å². The van der Waals surface area contributed by atoms with Gasteiger partial charge in [-0.15, -0.1) is 0 Å². The molecule has 2 N–H and O–H groups in total. The smallest absolute Gasteiger partial charge is 0.323 e. The standard InChI is InChI=1S/C13H14N2O2/c1-17-12(16)11(15)13(6-7-13)10-5-3-2-4-9(10)8-14/h2-5,11H,6-7,15H2,1H3. The van der Waals surface area contributed by atoms with Gasteiger partial charge in [0.2, 0.25) is 0 Å². The number of nitrogens with two attached hydrogens (primary N) is 1. The summed E-state index contributed by atoms with van der Waals surface area (Å²) in [6.45, 7) is 0. The Hall–Kier alpha value is -1.86. The van der Waals surface area contributed by atoms with Crippen LogP contribution < -0.4 is 5.73 Å². The summed E-state index contributed by atoms with van der Waals surface area (Å²) in [5.74, 6) is -0.421. The maximum atomic E-state index is 11.5. The molecule has 0 amide bonds. The van der Waals surface area contributed by atoms with Crippen LogP contribution in [0, 0.1) is 11.3 Å². The molecule has 0 aromatic heterocycles. The molecule has 4 nitrogen and oxygen atoms in total. The number of ether oxygens (including phenoxy) is 1. The first kappa shape index (κ1) is 11.6. The van der Waals surface area contributed by atoms with Crippen molar-refractivity contribution in [2.75, 3.05) is 7.11 Å². The van der Waals surface area contributed by atoms with Gasteiger partial charge in [-0.3, -0.25) is 4.79 Å². The highest BCUT2D eigenvalue weighted by Crippen LogP contribution is 2.51. The molecule has 1 aliphatic carbocycles. The van der Waals surface area contributed by atoms with Crippen LogP contribution in [0.25, 0.3) is 0 Å². The second kappa shape index (κ2) is 4.19. The van der Waals surface area contributed by atoms with Crippen LogP contribution in [0.3, 0.4) is 0 Å². The third-order valence-electron chi connectivity index (χ3n) is 3.42. The largest absolute Gasteiger partial charge is 0.468 e. The minimum Gasteiger partial charge on any atom is -0.468 e. The monoisotopic (exact) mass is 230 g/mol. The van der Waals surface area contributed by atoms with E-state index in [0.29, 0.717) is 5.56 Å². The van der Waals surface area contributed by atoms with Crippen molar-refractivity contribution >= 4 is 5.97 Å². The van der Waals surface area contributed by atoms with E-state index in [9.17, 15) is 4.79 Å². The summed E-state index contributed by atoms with van der Waals surface area (Å²) in [5.41, 5.74) is 6.99. The van der Waals surface area contributed by atoms with E-state index in [4.69, 9.17) is 11.0 Å². The van der Waals surface area contributed by atoms with Crippen LogP contribution in [0.2, 0.25) is 0 Å². The number of hydrogen-bond acceptors (Lipinski definition) is 4. The Bertz CT molecular complexity index is 486. The number of methoxy groups -OCH3 is 1. The van der Waals surface area contributed by atoms with Crippen LogP contribution in [0.1, 0.15) is 24.0 Å². The van der Waals surface area contributed by atoms with Gasteiger partial charge in [0, 0.05) is 5.41 Å². The second-order valence-corrected chi connectivity index (χ2v) is 4.31. The summed E-state index contributed by atoms with van der Waals surface area (Å²) < 4.78 is 4.69. The third kappa shape index (κ3) is 1.79. The molecule has 1 aromatic rings. The van der Waals surface area contributed by atoms with Crippen molar-refractivity contribution in [3.05, 3.63) is 35.4 Å². The predicted octanol–water partition coefficient (Wildman–Crippen LogP) is 1.09. The summed E-state index contributed by atoms with van der Waals surface area (Å²) in [4.78, 5) is 11.5. The average Bonchev–Trinajstić information content (AvgIpc) is 3.18. The van der Waals surface area contributed by atoms with Gasteiger partial charge in [-0.1, -0.05) is 18.2 Å². The Morgan fingerprint density at radius 3 is 2.71 bits per heavy atom. The van der Waals surface area contributed by atoms with Crippen molar-refractivity contribution in [2.45, 2.75) is 24.3 Å². The molecule has 0 bridgehead atoms. The molecule has 1 saturated carbocycles. The number of rotatable bonds is 3. The van der Waals surface area contributed by atoms with Crippen LogP contribution in [-0.4, -0.2) is 19.1 Å².